The molecule has 0 aromatic heterocycles. The number of halogens is 2. The topological polar surface area (TPSA) is 33.0 Å². The molecule has 2 nitrogen and oxygen atoms in total. The van der Waals surface area contributed by atoms with Crippen molar-refractivity contribution >= 4 is 27.5 Å². The Balaban J connectivity index is 2.47. The van der Waals surface area contributed by atoms with E-state index < -0.39 is 0 Å². The van der Waals surface area contributed by atoms with Gasteiger partial charge < -0.3 is 4.74 Å². The van der Waals surface area contributed by atoms with Crippen molar-refractivity contribution in [1.82, 2.24) is 0 Å². The maximum atomic E-state index is 8.32. The largest absolute Gasteiger partial charge is 0.492 e. The number of hydrogen-bond donors (Lipinski definition) is 0. The van der Waals surface area contributed by atoms with E-state index in [-0.39, 0.29) is 0 Å². The number of hydrogen-bond acceptors (Lipinski definition) is 2. The van der Waals surface area contributed by atoms with Crippen LogP contribution in [0, 0.1) is 11.3 Å². The zero-order valence-corrected chi connectivity index (χ0v) is 9.81. The number of nitriles is 1. The molecule has 0 fully saturated rings. The first kappa shape index (κ1) is 11.4. The van der Waals surface area contributed by atoms with Crippen LogP contribution >= 0.6 is 27.5 Å². The summed E-state index contributed by atoms with van der Waals surface area (Å²) >= 11 is 9.11. The van der Waals surface area contributed by atoms with Crippen molar-refractivity contribution in [2.45, 2.75) is 12.8 Å². The summed E-state index contributed by atoms with van der Waals surface area (Å²) in [7, 11) is 0. The van der Waals surface area contributed by atoms with Crippen molar-refractivity contribution < 1.29 is 4.74 Å². The Morgan fingerprint density at radius 2 is 2.29 bits per heavy atom. The molecule has 14 heavy (non-hydrogen) atoms. The highest BCUT2D eigenvalue weighted by molar-refractivity contribution is 9.10. The normalized spacial score (nSPS) is 9.50. The van der Waals surface area contributed by atoms with Crippen LogP contribution in [0.1, 0.15) is 12.8 Å². The van der Waals surface area contributed by atoms with Gasteiger partial charge in [-0.15, -0.1) is 0 Å². The fourth-order valence-corrected chi connectivity index (χ4v) is 1.72. The summed E-state index contributed by atoms with van der Waals surface area (Å²) < 4.78 is 6.27. The highest BCUT2D eigenvalue weighted by Gasteiger charge is 2.00. The molecule has 0 spiro atoms. The average molecular weight is 275 g/mol. The molecule has 74 valence electrons. The predicted molar refractivity (Wildman–Crippen MR) is 59.5 cm³/mol. The Kier molecular flexibility index (Phi) is 4.78. The van der Waals surface area contributed by atoms with Gasteiger partial charge in [0.1, 0.15) is 5.75 Å². The van der Waals surface area contributed by atoms with Crippen molar-refractivity contribution in [3.63, 3.8) is 0 Å². The fourth-order valence-electron chi connectivity index (χ4n) is 0.926. The molecule has 0 aliphatic rings. The molecule has 0 radical (unpaired) electrons. The van der Waals surface area contributed by atoms with E-state index in [0.29, 0.717) is 18.1 Å². The van der Waals surface area contributed by atoms with Crippen molar-refractivity contribution in [2.75, 3.05) is 6.61 Å². The van der Waals surface area contributed by atoms with Gasteiger partial charge in [-0.25, -0.2) is 0 Å². The summed E-state index contributed by atoms with van der Waals surface area (Å²) in [5.74, 6) is 0.757. The zero-order chi connectivity index (χ0) is 10.4. The second-order valence-corrected chi connectivity index (χ2v) is 3.98. The molecular formula is C10H9BrClNO. The van der Waals surface area contributed by atoms with Gasteiger partial charge >= 0.3 is 0 Å². The first-order valence-corrected chi connectivity index (χ1v) is 5.36. The lowest BCUT2D eigenvalue weighted by Crippen LogP contribution is -1.97. The number of nitrogens with zero attached hydrogens (tertiary/aromatic N) is 1. The minimum atomic E-state index is 0.519. The second-order valence-electron chi connectivity index (χ2n) is 2.68. The van der Waals surface area contributed by atoms with Gasteiger partial charge in [-0.2, -0.15) is 5.26 Å². The van der Waals surface area contributed by atoms with E-state index in [1.54, 1.807) is 18.2 Å². The molecule has 1 rings (SSSR count). The van der Waals surface area contributed by atoms with Crippen molar-refractivity contribution in [1.29, 1.82) is 5.26 Å². The van der Waals surface area contributed by atoms with Gasteiger partial charge in [-0.3, -0.25) is 0 Å². The van der Waals surface area contributed by atoms with Gasteiger partial charge in [0, 0.05) is 11.4 Å². The summed E-state index contributed by atoms with van der Waals surface area (Å²) in [4.78, 5) is 0. The Morgan fingerprint density at radius 1 is 1.50 bits per heavy atom. The lowest BCUT2D eigenvalue weighted by Gasteiger charge is -2.06. The summed E-state index contributed by atoms with van der Waals surface area (Å²) in [5.41, 5.74) is 0. The molecule has 1 aromatic carbocycles. The van der Waals surface area contributed by atoms with Crippen molar-refractivity contribution in [2.24, 2.45) is 0 Å². The molecule has 0 bridgehead atoms. The molecule has 0 aliphatic carbocycles. The minimum Gasteiger partial charge on any atom is -0.492 e. The van der Waals surface area contributed by atoms with Gasteiger partial charge in [0.05, 0.1) is 17.1 Å². The van der Waals surface area contributed by atoms with Crippen molar-refractivity contribution in [3.05, 3.63) is 27.7 Å². The Morgan fingerprint density at radius 3 is 2.93 bits per heavy atom. The molecule has 0 heterocycles. The zero-order valence-electron chi connectivity index (χ0n) is 7.46. The third kappa shape index (κ3) is 3.57. The summed E-state index contributed by atoms with van der Waals surface area (Å²) in [6, 6.07) is 7.42. The molecule has 0 amide bonds. The maximum Gasteiger partial charge on any atom is 0.133 e. The highest BCUT2D eigenvalue weighted by atomic mass is 79.9. The molecule has 0 unspecified atom stereocenters. The lowest BCUT2D eigenvalue weighted by molar-refractivity contribution is 0.311. The quantitative estimate of drug-likeness (QED) is 0.783. The van der Waals surface area contributed by atoms with Crippen LogP contribution in [-0.2, 0) is 0 Å². The minimum absolute atomic E-state index is 0.519. The molecule has 0 aliphatic heterocycles. The standard InChI is InChI=1S/C10H9BrClNO/c11-9-7-8(12)3-4-10(9)14-6-2-1-5-13/h3-4,7H,1-2,6H2. The Hall–Kier alpha value is -0.720. The molecule has 4 heteroatoms. The monoisotopic (exact) mass is 273 g/mol. The van der Waals surface area contributed by atoms with Crippen LogP contribution in [0.5, 0.6) is 5.75 Å². The first-order valence-electron chi connectivity index (χ1n) is 4.19. The Bertz CT molecular complexity index is 348. The van der Waals surface area contributed by atoms with E-state index in [1.807, 2.05) is 0 Å². The number of benzene rings is 1. The molecular weight excluding hydrogens is 265 g/mol. The molecule has 0 atom stereocenters. The fraction of sp³-hybridized carbons (Fsp3) is 0.300. The molecule has 0 N–H and O–H groups in total. The van der Waals surface area contributed by atoms with E-state index >= 15 is 0 Å². The second kappa shape index (κ2) is 5.90. The van der Waals surface area contributed by atoms with Crippen LogP contribution in [0.15, 0.2) is 22.7 Å². The van der Waals surface area contributed by atoms with Crippen LogP contribution in [0.2, 0.25) is 5.02 Å². The van der Waals surface area contributed by atoms with Gasteiger partial charge in [0.15, 0.2) is 0 Å². The van der Waals surface area contributed by atoms with Gasteiger partial charge in [-0.1, -0.05) is 11.6 Å². The smallest absolute Gasteiger partial charge is 0.133 e. The van der Waals surface area contributed by atoms with Crippen LogP contribution in [-0.4, -0.2) is 6.61 Å². The highest BCUT2D eigenvalue weighted by Crippen LogP contribution is 2.27. The summed E-state index contributed by atoms with van der Waals surface area (Å²) in [6.07, 6.45) is 1.26. The van der Waals surface area contributed by atoms with E-state index in [1.165, 1.54) is 0 Å². The van der Waals surface area contributed by atoms with E-state index in [0.717, 1.165) is 16.6 Å². The lowest BCUT2D eigenvalue weighted by atomic mass is 10.3. The van der Waals surface area contributed by atoms with Crippen molar-refractivity contribution in [3.8, 4) is 11.8 Å². The van der Waals surface area contributed by atoms with Crippen LogP contribution in [0.3, 0.4) is 0 Å². The maximum absolute atomic E-state index is 8.32. The molecule has 0 saturated heterocycles. The average Bonchev–Trinajstić information content (AvgIpc) is 2.15. The van der Waals surface area contributed by atoms with Gasteiger partial charge in [-0.05, 0) is 40.5 Å². The summed E-state index contributed by atoms with van der Waals surface area (Å²) in [5, 5.41) is 8.99. The molecule has 1 aromatic rings. The third-order valence-corrected chi connectivity index (χ3v) is 2.44. The van der Waals surface area contributed by atoms with Crippen LogP contribution in [0.4, 0.5) is 0 Å². The first-order chi connectivity index (χ1) is 6.74. The number of ether oxygens (including phenoxy) is 1. The third-order valence-electron chi connectivity index (χ3n) is 1.58. The number of rotatable bonds is 4. The predicted octanol–water partition coefficient (Wildman–Crippen LogP) is 3.79. The number of unbranched alkanes of at least 4 members (excludes halogenated alkanes) is 1. The Labute approximate surface area is 96.6 Å². The summed E-state index contributed by atoms with van der Waals surface area (Å²) in [6.45, 7) is 0.549. The van der Waals surface area contributed by atoms with Crippen LogP contribution in [0.25, 0.3) is 0 Å². The molecule has 0 saturated carbocycles. The van der Waals surface area contributed by atoms with Crippen LogP contribution < -0.4 is 4.74 Å². The van der Waals surface area contributed by atoms with Gasteiger partial charge in [0.25, 0.3) is 0 Å². The van der Waals surface area contributed by atoms with E-state index in [2.05, 4.69) is 22.0 Å². The van der Waals surface area contributed by atoms with E-state index in [4.69, 9.17) is 21.6 Å². The van der Waals surface area contributed by atoms with Gasteiger partial charge in [0.2, 0.25) is 0 Å². The van der Waals surface area contributed by atoms with E-state index in [9.17, 15) is 0 Å². The SMILES string of the molecule is N#CCCCOc1ccc(Cl)cc1Br.